The molecule has 7 nitrogen and oxygen atoms in total. The minimum atomic E-state index is -3.40. The maximum absolute atomic E-state index is 12.4. The molecular formula is C17H15ClN4O3S. The third kappa shape index (κ3) is 4.27. The van der Waals surface area contributed by atoms with E-state index in [0.717, 1.165) is 11.8 Å². The first-order valence-electron chi connectivity index (χ1n) is 7.55. The summed E-state index contributed by atoms with van der Waals surface area (Å²) in [7, 11) is -3.40. The van der Waals surface area contributed by atoms with Gasteiger partial charge in [0.2, 0.25) is 0 Å². The van der Waals surface area contributed by atoms with Crippen molar-refractivity contribution in [3.63, 3.8) is 0 Å². The predicted octanol–water partition coefficient (Wildman–Crippen LogP) is 2.64. The fourth-order valence-corrected chi connectivity index (χ4v) is 3.10. The summed E-state index contributed by atoms with van der Waals surface area (Å²) in [6.07, 6.45) is 4.16. The Bertz CT molecular complexity index is 1030. The predicted molar refractivity (Wildman–Crippen MR) is 98.1 cm³/mol. The van der Waals surface area contributed by atoms with Crippen molar-refractivity contribution in [2.45, 2.75) is 11.4 Å². The number of nitrogens with zero attached hydrogens (tertiary/aromatic N) is 3. The van der Waals surface area contributed by atoms with Gasteiger partial charge in [0.05, 0.1) is 22.2 Å². The van der Waals surface area contributed by atoms with E-state index in [1.165, 1.54) is 24.5 Å². The molecule has 9 heteroatoms. The molecule has 1 N–H and O–H groups in total. The molecule has 0 radical (unpaired) electrons. The Morgan fingerprint density at radius 1 is 1.19 bits per heavy atom. The molecule has 3 rings (SSSR count). The van der Waals surface area contributed by atoms with Crippen LogP contribution in [0.2, 0.25) is 5.02 Å². The standard InChI is InChI=1S/C17H15ClN4O3S/c1-26(24,25)14-6-7-15(18)16(8-14)21-17(23)13-4-2-12(3-5-13)9-22-11-19-10-20-22/h2-8,10-11H,9H2,1H3,(H,21,23). The molecule has 0 aliphatic rings. The number of hydrogen-bond donors (Lipinski definition) is 1. The van der Waals surface area contributed by atoms with Crippen molar-refractivity contribution < 1.29 is 13.2 Å². The second-order valence-corrected chi connectivity index (χ2v) is 8.08. The average Bonchev–Trinajstić information content (AvgIpc) is 3.09. The van der Waals surface area contributed by atoms with Crippen molar-refractivity contribution in [2.24, 2.45) is 0 Å². The van der Waals surface area contributed by atoms with Crippen molar-refractivity contribution in [3.05, 3.63) is 71.3 Å². The third-order valence-corrected chi connectivity index (χ3v) is 5.08. The van der Waals surface area contributed by atoms with Crippen LogP contribution in [-0.4, -0.2) is 35.3 Å². The number of amides is 1. The van der Waals surface area contributed by atoms with E-state index in [1.54, 1.807) is 23.1 Å². The van der Waals surface area contributed by atoms with Gasteiger partial charge in [-0.05, 0) is 35.9 Å². The van der Waals surface area contributed by atoms with E-state index in [9.17, 15) is 13.2 Å². The number of carbonyl (C=O) groups is 1. The van der Waals surface area contributed by atoms with Gasteiger partial charge in [0.25, 0.3) is 5.91 Å². The quantitative estimate of drug-likeness (QED) is 0.722. The highest BCUT2D eigenvalue weighted by Gasteiger charge is 2.13. The topological polar surface area (TPSA) is 94.0 Å². The Hall–Kier alpha value is -2.71. The average molecular weight is 391 g/mol. The SMILES string of the molecule is CS(=O)(=O)c1ccc(Cl)c(NC(=O)c2ccc(Cn3cncn3)cc2)c1. The molecule has 26 heavy (non-hydrogen) atoms. The van der Waals surface area contributed by atoms with E-state index in [0.29, 0.717) is 12.1 Å². The van der Waals surface area contributed by atoms with E-state index in [-0.39, 0.29) is 21.5 Å². The van der Waals surface area contributed by atoms with Gasteiger partial charge in [0.15, 0.2) is 9.84 Å². The van der Waals surface area contributed by atoms with Crippen LogP contribution in [0.1, 0.15) is 15.9 Å². The van der Waals surface area contributed by atoms with Crippen molar-refractivity contribution in [2.75, 3.05) is 11.6 Å². The van der Waals surface area contributed by atoms with Gasteiger partial charge in [-0.15, -0.1) is 0 Å². The van der Waals surface area contributed by atoms with Crippen molar-refractivity contribution in [3.8, 4) is 0 Å². The second kappa shape index (κ2) is 7.27. The van der Waals surface area contributed by atoms with Gasteiger partial charge < -0.3 is 5.32 Å². The lowest BCUT2D eigenvalue weighted by Crippen LogP contribution is -2.13. The second-order valence-electron chi connectivity index (χ2n) is 5.66. The normalized spacial score (nSPS) is 11.3. The van der Waals surface area contributed by atoms with Crippen LogP contribution in [-0.2, 0) is 16.4 Å². The molecule has 0 bridgehead atoms. The molecule has 3 aromatic rings. The largest absolute Gasteiger partial charge is 0.321 e. The van der Waals surface area contributed by atoms with E-state index in [2.05, 4.69) is 15.4 Å². The van der Waals surface area contributed by atoms with Crippen molar-refractivity contribution in [1.29, 1.82) is 0 Å². The van der Waals surface area contributed by atoms with E-state index < -0.39 is 9.84 Å². The number of carbonyl (C=O) groups excluding carboxylic acids is 1. The Balaban J connectivity index is 1.76. The molecule has 0 saturated heterocycles. The Morgan fingerprint density at radius 3 is 2.54 bits per heavy atom. The lowest BCUT2D eigenvalue weighted by atomic mass is 10.1. The number of rotatable bonds is 5. The highest BCUT2D eigenvalue weighted by atomic mass is 35.5. The first kappa shape index (κ1) is 18.1. The molecular weight excluding hydrogens is 376 g/mol. The Kier molecular flexibility index (Phi) is 5.06. The number of anilines is 1. The van der Waals surface area contributed by atoms with Crippen LogP contribution in [0.25, 0.3) is 0 Å². The summed E-state index contributed by atoms with van der Waals surface area (Å²) in [5.41, 5.74) is 1.63. The molecule has 0 fully saturated rings. The molecule has 0 aliphatic carbocycles. The summed E-state index contributed by atoms with van der Waals surface area (Å²) in [5, 5.41) is 6.92. The monoisotopic (exact) mass is 390 g/mol. The van der Waals surface area contributed by atoms with E-state index in [4.69, 9.17) is 11.6 Å². The zero-order valence-corrected chi connectivity index (χ0v) is 15.3. The van der Waals surface area contributed by atoms with Crippen LogP contribution >= 0.6 is 11.6 Å². The fourth-order valence-electron chi connectivity index (χ4n) is 2.29. The minimum Gasteiger partial charge on any atom is -0.321 e. The van der Waals surface area contributed by atoms with E-state index >= 15 is 0 Å². The highest BCUT2D eigenvalue weighted by molar-refractivity contribution is 7.90. The molecule has 0 atom stereocenters. The summed E-state index contributed by atoms with van der Waals surface area (Å²) in [4.78, 5) is 16.4. The van der Waals surface area contributed by atoms with Gasteiger partial charge in [-0.1, -0.05) is 23.7 Å². The lowest BCUT2D eigenvalue weighted by molar-refractivity contribution is 0.102. The number of aromatic nitrogens is 3. The minimum absolute atomic E-state index is 0.0837. The first-order chi connectivity index (χ1) is 12.3. The summed E-state index contributed by atoms with van der Waals surface area (Å²) < 4.78 is 25.0. The Labute approximate surface area is 155 Å². The fraction of sp³-hybridized carbons (Fsp3) is 0.118. The third-order valence-electron chi connectivity index (χ3n) is 3.64. The van der Waals surface area contributed by atoms with Crippen LogP contribution in [0.3, 0.4) is 0 Å². The summed E-state index contributed by atoms with van der Waals surface area (Å²) >= 11 is 6.06. The van der Waals surface area contributed by atoms with Gasteiger partial charge in [0, 0.05) is 11.8 Å². The highest BCUT2D eigenvalue weighted by Crippen LogP contribution is 2.25. The van der Waals surface area contributed by atoms with Crippen molar-refractivity contribution >= 4 is 33.0 Å². The molecule has 0 unspecified atom stereocenters. The summed E-state index contributed by atoms with van der Waals surface area (Å²) in [5.74, 6) is -0.384. The van der Waals surface area contributed by atoms with E-state index in [1.807, 2.05) is 12.1 Å². The molecule has 1 amide bonds. The molecule has 2 aromatic carbocycles. The first-order valence-corrected chi connectivity index (χ1v) is 9.82. The smallest absolute Gasteiger partial charge is 0.255 e. The number of halogens is 1. The molecule has 0 aliphatic heterocycles. The molecule has 1 heterocycles. The Morgan fingerprint density at radius 2 is 1.92 bits per heavy atom. The lowest BCUT2D eigenvalue weighted by Gasteiger charge is -2.09. The molecule has 0 spiro atoms. The zero-order valence-electron chi connectivity index (χ0n) is 13.8. The number of benzene rings is 2. The number of nitrogens with one attached hydrogen (secondary N) is 1. The summed E-state index contributed by atoms with van der Waals surface area (Å²) in [6, 6.07) is 11.2. The maximum Gasteiger partial charge on any atom is 0.255 e. The van der Waals surface area contributed by atoms with Gasteiger partial charge in [0.1, 0.15) is 12.7 Å². The van der Waals surface area contributed by atoms with Gasteiger partial charge >= 0.3 is 0 Å². The zero-order chi connectivity index (χ0) is 18.7. The van der Waals surface area contributed by atoms with Crippen molar-refractivity contribution in [1.82, 2.24) is 14.8 Å². The molecule has 0 saturated carbocycles. The molecule has 1 aromatic heterocycles. The van der Waals surface area contributed by atoms with Crippen LogP contribution in [0.4, 0.5) is 5.69 Å². The van der Waals surface area contributed by atoms with Crippen LogP contribution in [0.5, 0.6) is 0 Å². The van der Waals surface area contributed by atoms with Crippen LogP contribution in [0.15, 0.2) is 60.0 Å². The van der Waals surface area contributed by atoms with Gasteiger partial charge in [-0.2, -0.15) is 5.10 Å². The van der Waals surface area contributed by atoms with Gasteiger partial charge in [-0.25, -0.2) is 18.1 Å². The number of hydrogen-bond acceptors (Lipinski definition) is 5. The summed E-state index contributed by atoms with van der Waals surface area (Å²) in [6.45, 7) is 0.546. The van der Waals surface area contributed by atoms with Crippen LogP contribution in [0, 0.1) is 0 Å². The van der Waals surface area contributed by atoms with Crippen LogP contribution < -0.4 is 5.32 Å². The molecule has 134 valence electrons. The van der Waals surface area contributed by atoms with Gasteiger partial charge in [-0.3, -0.25) is 4.79 Å². The maximum atomic E-state index is 12.4. The number of sulfone groups is 1.